The molecule has 1 atom stereocenters. The van der Waals surface area contributed by atoms with Gasteiger partial charge in [-0.1, -0.05) is 6.07 Å². The Morgan fingerprint density at radius 1 is 1.69 bits per heavy atom. The molecule has 3 nitrogen and oxygen atoms in total. The Labute approximate surface area is 100 Å². The SMILES string of the molecule is CN(C[C@H]1CCCNC1)C(=O)c1cccs1. The van der Waals surface area contributed by atoms with E-state index in [4.69, 9.17) is 0 Å². The van der Waals surface area contributed by atoms with Crippen molar-refractivity contribution in [2.24, 2.45) is 5.92 Å². The van der Waals surface area contributed by atoms with Crippen LogP contribution in [0.5, 0.6) is 0 Å². The van der Waals surface area contributed by atoms with Crippen LogP contribution in [0.4, 0.5) is 0 Å². The summed E-state index contributed by atoms with van der Waals surface area (Å²) in [5.41, 5.74) is 0. The second kappa shape index (κ2) is 5.46. The van der Waals surface area contributed by atoms with E-state index in [0.29, 0.717) is 5.92 Å². The number of amides is 1. The fourth-order valence-electron chi connectivity index (χ4n) is 2.14. The summed E-state index contributed by atoms with van der Waals surface area (Å²) in [7, 11) is 1.90. The van der Waals surface area contributed by atoms with Gasteiger partial charge in [0.1, 0.15) is 0 Å². The molecule has 1 aromatic rings. The maximum Gasteiger partial charge on any atom is 0.263 e. The topological polar surface area (TPSA) is 32.3 Å². The minimum Gasteiger partial charge on any atom is -0.341 e. The summed E-state index contributed by atoms with van der Waals surface area (Å²) in [5.74, 6) is 0.767. The smallest absolute Gasteiger partial charge is 0.263 e. The highest BCUT2D eigenvalue weighted by atomic mass is 32.1. The molecule has 1 N–H and O–H groups in total. The van der Waals surface area contributed by atoms with Gasteiger partial charge in [0.15, 0.2) is 0 Å². The lowest BCUT2D eigenvalue weighted by atomic mass is 9.99. The molecular weight excluding hydrogens is 220 g/mol. The third-order valence-electron chi connectivity index (χ3n) is 3.01. The van der Waals surface area contributed by atoms with Crippen LogP contribution in [-0.2, 0) is 0 Å². The molecule has 0 aromatic carbocycles. The van der Waals surface area contributed by atoms with Gasteiger partial charge in [0.05, 0.1) is 4.88 Å². The van der Waals surface area contributed by atoms with E-state index >= 15 is 0 Å². The summed E-state index contributed by atoms with van der Waals surface area (Å²) in [5, 5.41) is 5.33. The van der Waals surface area contributed by atoms with Gasteiger partial charge in [-0.25, -0.2) is 0 Å². The van der Waals surface area contributed by atoms with E-state index in [0.717, 1.165) is 24.5 Å². The highest BCUT2D eigenvalue weighted by Gasteiger charge is 2.19. The molecule has 1 saturated heterocycles. The molecule has 4 heteroatoms. The van der Waals surface area contributed by atoms with E-state index in [1.165, 1.54) is 24.2 Å². The van der Waals surface area contributed by atoms with Crippen molar-refractivity contribution in [2.75, 3.05) is 26.7 Å². The van der Waals surface area contributed by atoms with Crippen molar-refractivity contribution in [3.05, 3.63) is 22.4 Å². The normalized spacial score (nSPS) is 20.7. The number of rotatable bonds is 3. The number of carbonyl (C=O) groups excluding carboxylic acids is 1. The van der Waals surface area contributed by atoms with Crippen LogP contribution in [-0.4, -0.2) is 37.5 Å². The number of piperidine rings is 1. The second-order valence-corrected chi connectivity index (χ2v) is 5.32. The van der Waals surface area contributed by atoms with Crippen molar-refractivity contribution in [1.82, 2.24) is 10.2 Å². The first kappa shape index (κ1) is 11.6. The monoisotopic (exact) mass is 238 g/mol. The van der Waals surface area contributed by atoms with Gasteiger partial charge in [-0.2, -0.15) is 0 Å². The van der Waals surface area contributed by atoms with Crippen molar-refractivity contribution in [3.63, 3.8) is 0 Å². The molecule has 0 radical (unpaired) electrons. The zero-order chi connectivity index (χ0) is 11.4. The average molecular weight is 238 g/mol. The molecule has 2 heterocycles. The second-order valence-electron chi connectivity index (χ2n) is 4.38. The minimum absolute atomic E-state index is 0.153. The lowest BCUT2D eigenvalue weighted by Crippen LogP contribution is -2.38. The first-order chi connectivity index (χ1) is 7.77. The number of thiophene rings is 1. The fourth-order valence-corrected chi connectivity index (χ4v) is 2.86. The summed E-state index contributed by atoms with van der Waals surface area (Å²) >= 11 is 1.51. The molecule has 1 fully saturated rings. The molecule has 0 aliphatic carbocycles. The molecule has 88 valence electrons. The highest BCUT2D eigenvalue weighted by molar-refractivity contribution is 7.12. The Morgan fingerprint density at radius 3 is 3.19 bits per heavy atom. The number of hydrogen-bond acceptors (Lipinski definition) is 3. The Hall–Kier alpha value is -0.870. The Bertz CT molecular complexity index is 331. The van der Waals surface area contributed by atoms with Gasteiger partial charge in [0.25, 0.3) is 5.91 Å². The molecule has 0 bridgehead atoms. The molecule has 0 spiro atoms. The number of nitrogens with zero attached hydrogens (tertiary/aromatic N) is 1. The zero-order valence-corrected chi connectivity index (χ0v) is 10.4. The van der Waals surface area contributed by atoms with E-state index in [9.17, 15) is 4.79 Å². The van der Waals surface area contributed by atoms with Crippen LogP contribution < -0.4 is 5.32 Å². The van der Waals surface area contributed by atoms with Crippen LogP contribution >= 0.6 is 11.3 Å². The maximum atomic E-state index is 12.0. The van der Waals surface area contributed by atoms with E-state index in [-0.39, 0.29) is 5.91 Å². The summed E-state index contributed by atoms with van der Waals surface area (Å²) in [6, 6.07) is 3.82. The van der Waals surface area contributed by atoms with Crippen LogP contribution in [0, 0.1) is 5.92 Å². The van der Waals surface area contributed by atoms with E-state index in [1.807, 2.05) is 29.5 Å². The molecule has 1 aromatic heterocycles. The van der Waals surface area contributed by atoms with Gasteiger partial charge in [-0.3, -0.25) is 4.79 Å². The van der Waals surface area contributed by atoms with Crippen LogP contribution in [0.1, 0.15) is 22.5 Å². The standard InChI is InChI=1S/C12H18N2OS/c1-14(9-10-4-2-6-13-8-10)12(15)11-5-3-7-16-11/h3,5,7,10,13H,2,4,6,8-9H2,1H3/t10-/m0/s1. The van der Waals surface area contributed by atoms with Crippen molar-refractivity contribution in [3.8, 4) is 0 Å². The van der Waals surface area contributed by atoms with Crippen molar-refractivity contribution < 1.29 is 4.79 Å². The van der Waals surface area contributed by atoms with Crippen LogP contribution in [0.2, 0.25) is 0 Å². The summed E-state index contributed by atoms with van der Waals surface area (Å²) in [4.78, 5) is 14.7. The molecular formula is C12H18N2OS. The van der Waals surface area contributed by atoms with E-state index in [1.54, 1.807) is 0 Å². The number of carbonyl (C=O) groups is 1. The largest absolute Gasteiger partial charge is 0.341 e. The molecule has 1 aliphatic heterocycles. The highest BCUT2D eigenvalue weighted by Crippen LogP contribution is 2.15. The Balaban J connectivity index is 1.87. The summed E-state index contributed by atoms with van der Waals surface area (Å²) in [6.45, 7) is 3.03. The van der Waals surface area contributed by atoms with Gasteiger partial charge in [-0.05, 0) is 43.3 Å². The third kappa shape index (κ3) is 2.83. The number of hydrogen-bond donors (Lipinski definition) is 1. The lowest BCUT2D eigenvalue weighted by Gasteiger charge is -2.27. The van der Waals surface area contributed by atoms with Crippen LogP contribution in [0.25, 0.3) is 0 Å². The summed E-state index contributed by atoms with van der Waals surface area (Å²) < 4.78 is 0. The zero-order valence-electron chi connectivity index (χ0n) is 9.61. The van der Waals surface area contributed by atoms with Gasteiger partial charge in [0, 0.05) is 13.6 Å². The predicted octanol–water partition coefficient (Wildman–Crippen LogP) is 1.82. The molecule has 0 unspecified atom stereocenters. The quantitative estimate of drug-likeness (QED) is 0.871. The van der Waals surface area contributed by atoms with E-state index < -0.39 is 0 Å². The molecule has 2 rings (SSSR count). The van der Waals surface area contributed by atoms with Gasteiger partial charge in [0.2, 0.25) is 0 Å². The third-order valence-corrected chi connectivity index (χ3v) is 3.87. The first-order valence-corrected chi connectivity index (χ1v) is 6.65. The van der Waals surface area contributed by atoms with Crippen molar-refractivity contribution in [1.29, 1.82) is 0 Å². The first-order valence-electron chi connectivity index (χ1n) is 5.77. The van der Waals surface area contributed by atoms with Crippen LogP contribution in [0.3, 0.4) is 0 Å². The van der Waals surface area contributed by atoms with E-state index in [2.05, 4.69) is 5.32 Å². The lowest BCUT2D eigenvalue weighted by molar-refractivity contribution is 0.0769. The fraction of sp³-hybridized carbons (Fsp3) is 0.583. The molecule has 1 amide bonds. The molecule has 1 aliphatic rings. The van der Waals surface area contributed by atoms with Gasteiger partial charge < -0.3 is 10.2 Å². The van der Waals surface area contributed by atoms with Crippen molar-refractivity contribution >= 4 is 17.2 Å². The Kier molecular flexibility index (Phi) is 3.96. The molecule has 16 heavy (non-hydrogen) atoms. The predicted molar refractivity (Wildman–Crippen MR) is 66.9 cm³/mol. The van der Waals surface area contributed by atoms with Crippen molar-refractivity contribution in [2.45, 2.75) is 12.8 Å². The Morgan fingerprint density at radius 2 is 2.56 bits per heavy atom. The maximum absolute atomic E-state index is 12.0. The summed E-state index contributed by atoms with van der Waals surface area (Å²) in [6.07, 6.45) is 2.46. The van der Waals surface area contributed by atoms with Gasteiger partial charge >= 0.3 is 0 Å². The average Bonchev–Trinajstić information content (AvgIpc) is 2.83. The van der Waals surface area contributed by atoms with Gasteiger partial charge in [-0.15, -0.1) is 11.3 Å². The van der Waals surface area contributed by atoms with Crippen LogP contribution in [0.15, 0.2) is 17.5 Å². The number of nitrogens with one attached hydrogen (secondary N) is 1. The molecule has 0 saturated carbocycles. The minimum atomic E-state index is 0.153.